The molecule has 0 spiro atoms. The van der Waals surface area contributed by atoms with E-state index in [9.17, 15) is 9.59 Å². The number of nitrogens with one attached hydrogen (secondary N) is 1. The van der Waals surface area contributed by atoms with Gasteiger partial charge in [0.1, 0.15) is 12.4 Å². The van der Waals surface area contributed by atoms with Crippen LogP contribution in [0.2, 0.25) is 0 Å². The SMILES string of the molecule is NC(=O)c1ccc(OCC2CNC(=O)O2)cc1. The first-order valence-electron chi connectivity index (χ1n) is 5.12. The van der Waals surface area contributed by atoms with Gasteiger partial charge < -0.3 is 20.5 Å². The zero-order chi connectivity index (χ0) is 12.3. The molecule has 1 unspecified atom stereocenters. The molecule has 0 aliphatic carbocycles. The number of hydrogen-bond donors (Lipinski definition) is 2. The molecule has 1 atom stereocenters. The summed E-state index contributed by atoms with van der Waals surface area (Å²) in [7, 11) is 0. The van der Waals surface area contributed by atoms with Crippen LogP contribution in [0.25, 0.3) is 0 Å². The molecular weight excluding hydrogens is 224 g/mol. The van der Waals surface area contributed by atoms with E-state index in [0.29, 0.717) is 17.9 Å². The van der Waals surface area contributed by atoms with E-state index in [-0.39, 0.29) is 12.7 Å². The van der Waals surface area contributed by atoms with Crippen LogP contribution in [0.4, 0.5) is 4.79 Å². The van der Waals surface area contributed by atoms with Gasteiger partial charge in [0, 0.05) is 5.56 Å². The van der Waals surface area contributed by atoms with E-state index in [1.54, 1.807) is 24.3 Å². The number of hydrogen-bond acceptors (Lipinski definition) is 4. The first kappa shape index (κ1) is 11.3. The summed E-state index contributed by atoms with van der Waals surface area (Å²) in [6, 6.07) is 6.45. The van der Waals surface area contributed by atoms with Gasteiger partial charge in [-0.3, -0.25) is 4.79 Å². The molecule has 1 aromatic rings. The van der Waals surface area contributed by atoms with E-state index in [0.717, 1.165) is 0 Å². The van der Waals surface area contributed by atoms with Crippen molar-refractivity contribution in [3.8, 4) is 5.75 Å². The number of amides is 2. The molecule has 1 aliphatic rings. The van der Waals surface area contributed by atoms with Crippen molar-refractivity contribution in [1.29, 1.82) is 0 Å². The number of rotatable bonds is 4. The van der Waals surface area contributed by atoms with Gasteiger partial charge >= 0.3 is 6.09 Å². The van der Waals surface area contributed by atoms with Gasteiger partial charge in [-0.1, -0.05) is 0 Å². The topological polar surface area (TPSA) is 90.7 Å². The average molecular weight is 236 g/mol. The summed E-state index contributed by atoms with van der Waals surface area (Å²) < 4.78 is 10.3. The second-order valence-electron chi connectivity index (χ2n) is 3.61. The zero-order valence-electron chi connectivity index (χ0n) is 9.01. The molecule has 2 amide bonds. The summed E-state index contributed by atoms with van der Waals surface area (Å²) in [6.07, 6.45) is -0.707. The Balaban J connectivity index is 1.87. The predicted molar refractivity (Wildman–Crippen MR) is 58.7 cm³/mol. The molecule has 0 saturated carbocycles. The highest BCUT2D eigenvalue weighted by atomic mass is 16.6. The van der Waals surface area contributed by atoms with Gasteiger partial charge in [0.05, 0.1) is 6.54 Å². The highest BCUT2D eigenvalue weighted by Gasteiger charge is 2.22. The summed E-state index contributed by atoms with van der Waals surface area (Å²) in [5.41, 5.74) is 5.53. The third-order valence-corrected chi connectivity index (χ3v) is 2.32. The smallest absolute Gasteiger partial charge is 0.407 e. The maximum absolute atomic E-state index is 10.8. The van der Waals surface area contributed by atoms with Gasteiger partial charge in [-0.05, 0) is 24.3 Å². The molecule has 0 radical (unpaired) electrons. The Bertz CT molecular complexity index is 430. The molecule has 17 heavy (non-hydrogen) atoms. The van der Waals surface area contributed by atoms with Gasteiger partial charge in [0.2, 0.25) is 5.91 Å². The van der Waals surface area contributed by atoms with Crippen molar-refractivity contribution in [3.05, 3.63) is 29.8 Å². The van der Waals surface area contributed by atoms with E-state index in [2.05, 4.69) is 5.32 Å². The lowest BCUT2D eigenvalue weighted by Gasteiger charge is -2.10. The van der Waals surface area contributed by atoms with Crippen LogP contribution in [-0.4, -0.2) is 31.3 Å². The molecule has 0 bridgehead atoms. The van der Waals surface area contributed by atoms with Crippen LogP contribution in [-0.2, 0) is 4.74 Å². The molecule has 1 saturated heterocycles. The molecule has 90 valence electrons. The highest BCUT2D eigenvalue weighted by molar-refractivity contribution is 5.92. The maximum atomic E-state index is 10.8. The van der Waals surface area contributed by atoms with E-state index in [1.807, 2.05) is 0 Å². The van der Waals surface area contributed by atoms with Gasteiger partial charge in [0.15, 0.2) is 6.10 Å². The lowest BCUT2D eigenvalue weighted by molar-refractivity contribution is 0.0997. The maximum Gasteiger partial charge on any atom is 0.407 e. The van der Waals surface area contributed by atoms with Crippen molar-refractivity contribution in [2.75, 3.05) is 13.2 Å². The van der Waals surface area contributed by atoms with Gasteiger partial charge in [-0.25, -0.2) is 4.79 Å². The molecule has 6 nitrogen and oxygen atoms in total. The van der Waals surface area contributed by atoms with Crippen LogP contribution in [0.5, 0.6) is 5.75 Å². The fourth-order valence-corrected chi connectivity index (χ4v) is 1.43. The van der Waals surface area contributed by atoms with E-state index in [1.165, 1.54) is 0 Å². The lowest BCUT2D eigenvalue weighted by Crippen LogP contribution is -2.22. The highest BCUT2D eigenvalue weighted by Crippen LogP contribution is 2.13. The van der Waals surface area contributed by atoms with Crippen LogP contribution in [0, 0.1) is 0 Å². The summed E-state index contributed by atoms with van der Waals surface area (Å²) in [5.74, 6) is 0.114. The first-order chi connectivity index (χ1) is 8.15. The van der Waals surface area contributed by atoms with Crippen LogP contribution in [0.3, 0.4) is 0 Å². The van der Waals surface area contributed by atoms with E-state index < -0.39 is 12.0 Å². The number of alkyl carbamates (subject to hydrolysis) is 1. The minimum absolute atomic E-state index is 0.272. The molecule has 1 aromatic carbocycles. The largest absolute Gasteiger partial charge is 0.490 e. The molecule has 1 heterocycles. The third-order valence-electron chi connectivity index (χ3n) is 2.32. The van der Waals surface area contributed by atoms with Crippen molar-refractivity contribution >= 4 is 12.0 Å². The number of carbonyl (C=O) groups is 2. The Hall–Kier alpha value is -2.24. The number of benzene rings is 1. The van der Waals surface area contributed by atoms with Crippen LogP contribution < -0.4 is 15.8 Å². The summed E-state index contributed by atoms with van der Waals surface area (Å²) >= 11 is 0. The Morgan fingerprint density at radius 2 is 2.18 bits per heavy atom. The molecule has 1 aliphatic heterocycles. The van der Waals surface area contributed by atoms with Crippen LogP contribution in [0.1, 0.15) is 10.4 Å². The Morgan fingerprint density at radius 1 is 1.47 bits per heavy atom. The van der Waals surface area contributed by atoms with Crippen LogP contribution in [0.15, 0.2) is 24.3 Å². The van der Waals surface area contributed by atoms with Crippen molar-refractivity contribution < 1.29 is 19.1 Å². The molecular formula is C11H12N2O4. The fraction of sp³-hybridized carbons (Fsp3) is 0.273. The normalized spacial score (nSPS) is 18.4. The Morgan fingerprint density at radius 3 is 2.71 bits per heavy atom. The van der Waals surface area contributed by atoms with Crippen molar-refractivity contribution in [3.63, 3.8) is 0 Å². The number of primary amides is 1. The van der Waals surface area contributed by atoms with Crippen LogP contribution >= 0.6 is 0 Å². The summed E-state index contributed by atoms with van der Waals surface area (Å²) in [6.45, 7) is 0.715. The first-order valence-corrected chi connectivity index (χ1v) is 5.12. The number of cyclic esters (lactones) is 1. The van der Waals surface area contributed by atoms with Crippen molar-refractivity contribution in [2.24, 2.45) is 5.73 Å². The van der Waals surface area contributed by atoms with E-state index >= 15 is 0 Å². The second-order valence-corrected chi connectivity index (χ2v) is 3.61. The number of ether oxygens (including phenoxy) is 2. The minimum atomic E-state index is -0.481. The fourth-order valence-electron chi connectivity index (χ4n) is 1.43. The second kappa shape index (κ2) is 4.73. The third kappa shape index (κ3) is 2.87. The van der Waals surface area contributed by atoms with Crippen molar-refractivity contribution in [1.82, 2.24) is 5.32 Å². The average Bonchev–Trinajstić information content (AvgIpc) is 2.73. The lowest BCUT2D eigenvalue weighted by atomic mass is 10.2. The molecule has 1 fully saturated rings. The Kier molecular flexibility index (Phi) is 3.13. The Labute approximate surface area is 97.7 Å². The standard InChI is InChI=1S/C11H12N2O4/c12-10(14)7-1-3-8(4-2-7)16-6-9-5-13-11(15)17-9/h1-4,9H,5-6H2,(H2,12,14)(H,13,15). The number of nitrogens with two attached hydrogens (primary N) is 1. The van der Waals surface area contributed by atoms with Gasteiger partial charge in [-0.2, -0.15) is 0 Å². The molecule has 6 heteroatoms. The summed E-state index contributed by atoms with van der Waals surface area (Å²) in [5, 5.41) is 2.53. The minimum Gasteiger partial charge on any atom is -0.490 e. The van der Waals surface area contributed by atoms with Crippen molar-refractivity contribution in [2.45, 2.75) is 6.10 Å². The van der Waals surface area contributed by atoms with Gasteiger partial charge in [0.25, 0.3) is 0 Å². The van der Waals surface area contributed by atoms with Gasteiger partial charge in [-0.15, -0.1) is 0 Å². The molecule has 0 aromatic heterocycles. The monoisotopic (exact) mass is 236 g/mol. The molecule has 3 N–H and O–H groups in total. The number of carbonyl (C=O) groups excluding carboxylic acids is 2. The quantitative estimate of drug-likeness (QED) is 0.785. The predicted octanol–water partition coefficient (Wildman–Crippen LogP) is 0.273. The molecule has 2 rings (SSSR count). The summed E-state index contributed by atoms with van der Waals surface area (Å²) in [4.78, 5) is 21.6. The zero-order valence-corrected chi connectivity index (χ0v) is 9.01. The van der Waals surface area contributed by atoms with E-state index in [4.69, 9.17) is 15.2 Å².